The Morgan fingerprint density at radius 2 is 1.96 bits per heavy atom. The predicted molar refractivity (Wildman–Crippen MR) is 94.7 cm³/mol. The normalized spacial score (nSPS) is 11.4. The van der Waals surface area contributed by atoms with Crippen LogP contribution in [0.4, 0.5) is 0 Å². The molecule has 0 saturated carbocycles. The summed E-state index contributed by atoms with van der Waals surface area (Å²) in [5.74, 6) is -0.374. The van der Waals surface area contributed by atoms with E-state index in [2.05, 4.69) is 0 Å². The van der Waals surface area contributed by atoms with Crippen molar-refractivity contribution >= 4 is 27.1 Å². The standard InChI is InChI=1S/C17H21NO4S2/c1-22-10-9-18(13-15-7-11-23-14-15)17(19)8-12-24(20,21)16-5-3-2-4-6-16/h2-7,11,14H,8-10,12-13H2,1H3. The molecule has 2 rings (SSSR count). The summed E-state index contributed by atoms with van der Waals surface area (Å²) >= 11 is 1.57. The number of sulfone groups is 1. The second-order valence-corrected chi connectivity index (χ2v) is 8.21. The van der Waals surface area contributed by atoms with Crippen LogP contribution < -0.4 is 0 Å². The van der Waals surface area contributed by atoms with Crippen molar-refractivity contribution in [3.8, 4) is 0 Å². The Morgan fingerprint density at radius 1 is 1.21 bits per heavy atom. The summed E-state index contributed by atoms with van der Waals surface area (Å²) in [6.07, 6.45) is -0.0366. The summed E-state index contributed by atoms with van der Waals surface area (Å²) in [4.78, 5) is 14.4. The SMILES string of the molecule is COCCN(Cc1ccsc1)C(=O)CCS(=O)(=O)c1ccccc1. The fourth-order valence-electron chi connectivity index (χ4n) is 2.22. The van der Waals surface area contributed by atoms with E-state index in [0.717, 1.165) is 5.56 Å². The van der Waals surface area contributed by atoms with Crippen LogP contribution in [0.1, 0.15) is 12.0 Å². The predicted octanol–water partition coefficient (Wildman–Crippen LogP) is 2.59. The van der Waals surface area contributed by atoms with Gasteiger partial charge in [0, 0.05) is 26.6 Å². The van der Waals surface area contributed by atoms with Crippen molar-refractivity contribution in [1.82, 2.24) is 4.90 Å². The van der Waals surface area contributed by atoms with E-state index in [4.69, 9.17) is 4.74 Å². The highest BCUT2D eigenvalue weighted by molar-refractivity contribution is 7.91. The van der Waals surface area contributed by atoms with Crippen LogP contribution in [-0.4, -0.2) is 45.2 Å². The van der Waals surface area contributed by atoms with E-state index in [1.165, 1.54) is 0 Å². The molecule has 0 bridgehead atoms. The number of rotatable bonds is 9. The van der Waals surface area contributed by atoms with Crippen molar-refractivity contribution in [2.75, 3.05) is 26.0 Å². The lowest BCUT2D eigenvalue weighted by atomic mass is 10.3. The van der Waals surface area contributed by atoms with Gasteiger partial charge in [0.2, 0.25) is 5.91 Å². The lowest BCUT2D eigenvalue weighted by Crippen LogP contribution is -2.34. The summed E-state index contributed by atoms with van der Waals surface area (Å²) in [6.45, 7) is 1.33. The first-order valence-electron chi connectivity index (χ1n) is 7.58. The zero-order valence-electron chi connectivity index (χ0n) is 13.6. The summed E-state index contributed by atoms with van der Waals surface area (Å²) in [7, 11) is -1.87. The monoisotopic (exact) mass is 367 g/mol. The minimum absolute atomic E-state index is 0.0366. The molecule has 0 aliphatic heterocycles. The van der Waals surface area contributed by atoms with Crippen molar-refractivity contribution in [3.05, 3.63) is 52.7 Å². The molecule has 0 unspecified atom stereocenters. The van der Waals surface area contributed by atoms with E-state index < -0.39 is 9.84 Å². The number of carbonyl (C=O) groups excluding carboxylic acids is 1. The molecule has 130 valence electrons. The molecule has 0 saturated heterocycles. The number of benzene rings is 1. The maximum Gasteiger partial charge on any atom is 0.223 e. The van der Waals surface area contributed by atoms with Crippen LogP contribution in [0.25, 0.3) is 0 Å². The van der Waals surface area contributed by atoms with Crippen molar-refractivity contribution < 1.29 is 17.9 Å². The van der Waals surface area contributed by atoms with Crippen LogP contribution in [0.2, 0.25) is 0 Å². The molecule has 0 N–H and O–H groups in total. The molecule has 1 heterocycles. The second-order valence-electron chi connectivity index (χ2n) is 5.32. The van der Waals surface area contributed by atoms with Crippen molar-refractivity contribution in [3.63, 3.8) is 0 Å². The Bertz CT molecular complexity index is 727. The Balaban J connectivity index is 1.99. The molecule has 5 nitrogen and oxygen atoms in total. The highest BCUT2D eigenvalue weighted by atomic mass is 32.2. The highest BCUT2D eigenvalue weighted by Crippen LogP contribution is 2.14. The molecule has 0 spiro atoms. The number of hydrogen-bond donors (Lipinski definition) is 0. The average molecular weight is 367 g/mol. The number of nitrogens with zero attached hydrogens (tertiary/aromatic N) is 1. The van der Waals surface area contributed by atoms with E-state index in [1.807, 2.05) is 16.8 Å². The molecule has 0 radical (unpaired) electrons. The van der Waals surface area contributed by atoms with Crippen LogP contribution >= 0.6 is 11.3 Å². The summed E-state index contributed by atoms with van der Waals surface area (Å²) < 4.78 is 29.6. The molecule has 1 amide bonds. The van der Waals surface area contributed by atoms with Crippen molar-refractivity contribution in [1.29, 1.82) is 0 Å². The summed E-state index contributed by atoms with van der Waals surface area (Å²) in [5.41, 5.74) is 1.04. The van der Waals surface area contributed by atoms with Gasteiger partial charge in [-0.25, -0.2) is 8.42 Å². The molecular formula is C17H21NO4S2. The van der Waals surface area contributed by atoms with Crippen LogP contribution in [0, 0.1) is 0 Å². The van der Waals surface area contributed by atoms with E-state index >= 15 is 0 Å². The van der Waals surface area contributed by atoms with Gasteiger partial charge >= 0.3 is 0 Å². The molecule has 0 atom stereocenters. The third-order valence-corrected chi connectivity index (χ3v) is 6.02. The molecule has 1 aromatic carbocycles. The number of thiophene rings is 1. The van der Waals surface area contributed by atoms with Crippen LogP contribution in [0.15, 0.2) is 52.1 Å². The molecule has 1 aromatic heterocycles. The van der Waals surface area contributed by atoms with Gasteiger partial charge in [-0.3, -0.25) is 4.79 Å². The van der Waals surface area contributed by atoms with Crippen molar-refractivity contribution in [2.24, 2.45) is 0 Å². The molecule has 0 aliphatic carbocycles. The number of hydrogen-bond acceptors (Lipinski definition) is 5. The number of amides is 1. The van der Waals surface area contributed by atoms with E-state index in [9.17, 15) is 13.2 Å². The van der Waals surface area contributed by atoms with Gasteiger partial charge in [-0.2, -0.15) is 11.3 Å². The first-order valence-corrected chi connectivity index (χ1v) is 10.2. The van der Waals surface area contributed by atoms with Gasteiger partial charge in [-0.1, -0.05) is 18.2 Å². The minimum atomic E-state index is -3.45. The highest BCUT2D eigenvalue weighted by Gasteiger charge is 2.20. The second kappa shape index (κ2) is 8.96. The Morgan fingerprint density at radius 3 is 2.58 bits per heavy atom. The maximum atomic E-state index is 12.5. The molecule has 24 heavy (non-hydrogen) atoms. The van der Waals surface area contributed by atoms with Gasteiger partial charge in [0.15, 0.2) is 9.84 Å². The smallest absolute Gasteiger partial charge is 0.223 e. The minimum Gasteiger partial charge on any atom is -0.383 e. The zero-order valence-corrected chi connectivity index (χ0v) is 15.2. The summed E-state index contributed by atoms with van der Waals surface area (Å²) in [6, 6.07) is 10.2. The van der Waals surface area contributed by atoms with Gasteiger partial charge in [0.25, 0.3) is 0 Å². The van der Waals surface area contributed by atoms with E-state index in [0.29, 0.717) is 19.7 Å². The fourth-order valence-corrected chi connectivity index (χ4v) is 4.13. The number of carbonyl (C=O) groups is 1. The van der Waals surface area contributed by atoms with E-state index in [1.54, 1.807) is 53.7 Å². The van der Waals surface area contributed by atoms with E-state index in [-0.39, 0.29) is 23.0 Å². The molecule has 7 heteroatoms. The maximum absolute atomic E-state index is 12.5. The first kappa shape index (κ1) is 18.6. The zero-order chi connectivity index (χ0) is 17.4. The quantitative estimate of drug-likeness (QED) is 0.683. The first-order chi connectivity index (χ1) is 11.5. The van der Waals surface area contributed by atoms with Gasteiger partial charge in [0.05, 0.1) is 17.3 Å². The lowest BCUT2D eigenvalue weighted by molar-refractivity contribution is -0.132. The molecular weight excluding hydrogens is 346 g/mol. The van der Waals surface area contributed by atoms with Crippen LogP contribution in [0.3, 0.4) is 0 Å². The van der Waals surface area contributed by atoms with Gasteiger partial charge in [-0.05, 0) is 34.5 Å². The fraction of sp³-hybridized carbons (Fsp3) is 0.353. The van der Waals surface area contributed by atoms with Gasteiger partial charge in [0.1, 0.15) is 0 Å². The third kappa shape index (κ3) is 5.43. The van der Waals surface area contributed by atoms with Gasteiger partial charge in [-0.15, -0.1) is 0 Å². The Hall–Kier alpha value is -1.70. The third-order valence-electron chi connectivity index (χ3n) is 3.56. The largest absolute Gasteiger partial charge is 0.383 e. The average Bonchev–Trinajstić information content (AvgIpc) is 3.10. The Kier molecular flexibility index (Phi) is 6.96. The Labute approximate surface area is 146 Å². The van der Waals surface area contributed by atoms with Crippen molar-refractivity contribution in [2.45, 2.75) is 17.9 Å². The molecule has 2 aromatic rings. The summed E-state index contributed by atoms with van der Waals surface area (Å²) in [5, 5.41) is 3.93. The van der Waals surface area contributed by atoms with Gasteiger partial charge < -0.3 is 9.64 Å². The number of ether oxygens (including phenoxy) is 1. The van der Waals surface area contributed by atoms with Crippen LogP contribution in [0.5, 0.6) is 0 Å². The number of methoxy groups -OCH3 is 1. The molecule has 0 fully saturated rings. The molecule has 0 aliphatic rings. The lowest BCUT2D eigenvalue weighted by Gasteiger charge is -2.22. The van der Waals surface area contributed by atoms with Crippen LogP contribution in [-0.2, 0) is 25.9 Å². The topological polar surface area (TPSA) is 63.7 Å².